The van der Waals surface area contributed by atoms with Gasteiger partial charge in [0.25, 0.3) is 11.5 Å². The molecule has 0 bridgehead atoms. The lowest BCUT2D eigenvalue weighted by molar-refractivity contribution is -0.124. The van der Waals surface area contributed by atoms with E-state index in [0.29, 0.717) is 13.0 Å². The molecule has 1 N–H and O–H groups in total. The SMILES string of the molecule is O=C(NC1CCOc2ccccc21)C(F)Cl. The summed E-state index contributed by atoms with van der Waals surface area (Å²) in [7, 11) is 0. The van der Waals surface area contributed by atoms with Crippen molar-refractivity contribution in [3.8, 4) is 5.75 Å². The van der Waals surface area contributed by atoms with E-state index >= 15 is 0 Å². The Balaban J connectivity index is 2.16. The number of halogens is 2. The topological polar surface area (TPSA) is 38.3 Å². The fourth-order valence-corrected chi connectivity index (χ4v) is 1.79. The zero-order valence-electron chi connectivity index (χ0n) is 8.45. The summed E-state index contributed by atoms with van der Waals surface area (Å²) in [5, 5.41) is 2.55. The molecule has 3 nitrogen and oxygen atoms in total. The van der Waals surface area contributed by atoms with E-state index in [1.54, 1.807) is 0 Å². The number of carbonyl (C=O) groups is 1. The van der Waals surface area contributed by atoms with Gasteiger partial charge in [-0.15, -0.1) is 0 Å². The summed E-state index contributed by atoms with van der Waals surface area (Å²) in [6, 6.07) is 7.14. The number of fused-ring (bicyclic) bond motifs is 1. The number of rotatable bonds is 2. The first kappa shape index (κ1) is 11.2. The van der Waals surface area contributed by atoms with Crippen LogP contribution >= 0.6 is 11.6 Å². The predicted octanol–water partition coefficient (Wildman–Crippen LogP) is 2.16. The summed E-state index contributed by atoms with van der Waals surface area (Å²) >= 11 is 5.06. The van der Waals surface area contributed by atoms with Crippen molar-refractivity contribution in [3.63, 3.8) is 0 Å². The molecule has 1 heterocycles. The third-order valence-electron chi connectivity index (χ3n) is 2.47. The highest BCUT2D eigenvalue weighted by atomic mass is 35.5. The van der Waals surface area contributed by atoms with Crippen molar-refractivity contribution < 1.29 is 13.9 Å². The lowest BCUT2D eigenvalue weighted by Gasteiger charge is -2.26. The predicted molar refractivity (Wildman–Crippen MR) is 58.2 cm³/mol. The first-order valence-electron chi connectivity index (χ1n) is 4.98. The lowest BCUT2D eigenvalue weighted by atomic mass is 10.0. The Hall–Kier alpha value is -1.29. The molecule has 2 unspecified atom stereocenters. The fourth-order valence-electron chi connectivity index (χ4n) is 1.73. The third kappa shape index (κ3) is 2.27. The molecule has 1 amide bonds. The minimum atomic E-state index is -2.00. The molecule has 2 atom stereocenters. The molecule has 0 fully saturated rings. The smallest absolute Gasteiger partial charge is 0.270 e. The second-order valence-corrected chi connectivity index (χ2v) is 3.92. The summed E-state index contributed by atoms with van der Waals surface area (Å²) in [6.45, 7) is 0.501. The van der Waals surface area contributed by atoms with Gasteiger partial charge in [0.1, 0.15) is 5.75 Å². The van der Waals surface area contributed by atoms with Crippen molar-refractivity contribution in [2.24, 2.45) is 0 Å². The number of carbonyl (C=O) groups excluding carboxylic acids is 1. The zero-order valence-corrected chi connectivity index (χ0v) is 9.21. The van der Waals surface area contributed by atoms with Crippen molar-refractivity contribution in [1.82, 2.24) is 5.32 Å². The highest BCUT2D eigenvalue weighted by Crippen LogP contribution is 2.31. The summed E-state index contributed by atoms with van der Waals surface area (Å²) in [4.78, 5) is 11.2. The van der Waals surface area contributed by atoms with Crippen molar-refractivity contribution in [2.75, 3.05) is 6.61 Å². The number of nitrogens with one attached hydrogen (secondary N) is 1. The quantitative estimate of drug-likeness (QED) is 0.809. The molecule has 5 heteroatoms. The van der Waals surface area contributed by atoms with E-state index in [4.69, 9.17) is 16.3 Å². The van der Waals surface area contributed by atoms with Crippen LogP contribution in [0.4, 0.5) is 4.39 Å². The Morgan fingerprint density at radius 2 is 2.31 bits per heavy atom. The average Bonchev–Trinajstić information content (AvgIpc) is 2.29. The summed E-state index contributed by atoms with van der Waals surface area (Å²) in [6.07, 6.45) is 0.617. The van der Waals surface area contributed by atoms with E-state index in [1.807, 2.05) is 24.3 Å². The van der Waals surface area contributed by atoms with Crippen LogP contribution in [-0.2, 0) is 4.79 Å². The highest BCUT2D eigenvalue weighted by Gasteiger charge is 2.24. The first-order chi connectivity index (χ1) is 7.68. The van der Waals surface area contributed by atoms with Gasteiger partial charge in [0, 0.05) is 12.0 Å². The second-order valence-electron chi connectivity index (χ2n) is 3.54. The van der Waals surface area contributed by atoms with Gasteiger partial charge < -0.3 is 10.1 Å². The molecule has 1 aromatic carbocycles. The van der Waals surface area contributed by atoms with Crippen molar-refractivity contribution in [1.29, 1.82) is 0 Å². The average molecular weight is 244 g/mol. The fraction of sp³-hybridized carbons (Fsp3) is 0.364. The van der Waals surface area contributed by atoms with E-state index < -0.39 is 11.5 Å². The molecule has 16 heavy (non-hydrogen) atoms. The van der Waals surface area contributed by atoms with Gasteiger partial charge in [-0.05, 0) is 6.07 Å². The number of para-hydroxylation sites is 1. The van der Waals surface area contributed by atoms with E-state index in [1.165, 1.54) is 0 Å². The van der Waals surface area contributed by atoms with Crippen LogP contribution in [0.1, 0.15) is 18.0 Å². The molecule has 0 saturated heterocycles. The van der Waals surface area contributed by atoms with Crippen LogP contribution in [0.15, 0.2) is 24.3 Å². The Kier molecular flexibility index (Phi) is 3.29. The molecule has 0 aromatic heterocycles. The van der Waals surface area contributed by atoms with E-state index in [0.717, 1.165) is 11.3 Å². The van der Waals surface area contributed by atoms with Crippen LogP contribution in [0, 0.1) is 0 Å². The summed E-state index contributed by atoms with van der Waals surface area (Å²) in [5.74, 6) is -0.0765. The van der Waals surface area contributed by atoms with Gasteiger partial charge in [0.15, 0.2) is 0 Å². The zero-order chi connectivity index (χ0) is 11.5. The van der Waals surface area contributed by atoms with Crippen LogP contribution in [0.5, 0.6) is 5.75 Å². The first-order valence-corrected chi connectivity index (χ1v) is 5.42. The largest absolute Gasteiger partial charge is 0.493 e. The van der Waals surface area contributed by atoms with Gasteiger partial charge in [0.2, 0.25) is 0 Å². The normalized spacial score (nSPS) is 20.5. The van der Waals surface area contributed by atoms with Gasteiger partial charge in [-0.1, -0.05) is 29.8 Å². The molecule has 0 saturated carbocycles. The molecule has 1 aromatic rings. The van der Waals surface area contributed by atoms with Crippen molar-refractivity contribution in [3.05, 3.63) is 29.8 Å². The molecule has 86 valence electrons. The third-order valence-corrected chi connectivity index (χ3v) is 2.67. The van der Waals surface area contributed by atoms with Crippen molar-refractivity contribution >= 4 is 17.5 Å². The molecule has 0 radical (unpaired) electrons. The Morgan fingerprint density at radius 1 is 1.56 bits per heavy atom. The number of amides is 1. The molecule has 0 spiro atoms. The van der Waals surface area contributed by atoms with Gasteiger partial charge in [-0.25, -0.2) is 4.39 Å². The number of benzene rings is 1. The van der Waals surface area contributed by atoms with Crippen molar-refractivity contribution in [2.45, 2.75) is 18.1 Å². The molecule has 1 aliphatic heterocycles. The van der Waals surface area contributed by atoms with Gasteiger partial charge in [-0.3, -0.25) is 4.79 Å². The van der Waals surface area contributed by atoms with E-state index in [2.05, 4.69) is 5.32 Å². The Bertz CT molecular complexity index is 397. The molecule has 2 rings (SSSR count). The maximum absolute atomic E-state index is 12.5. The minimum absolute atomic E-state index is 0.227. The number of ether oxygens (including phenoxy) is 1. The number of hydrogen-bond acceptors (Lipinski definition) is 2. The van der Waals surface area contributed by atoms with Crippen LogP contribution < -0.4 is 10.1 Å². The van der Waals surface area contributed by atoms with Crippen LogP contribution in [0.25, 0.3) is 0 Å². The van der Waals surface area contributed by atoms with Crippen LogP contribution in [0.2, 0.25) is 0 Å². The van der Waals surface area contributed by atoms with Gasteiger partial charge in [-0.2, -0.15) is 0 Å². The Morgan fingerprint density at radius 3 is 3.06 bits per heavy atom. The standard InChI is InChI=1S/C11H11ClFNO2/c12-10(13)11(15)14-8-5-6-16-9-4-2-1-3-7(8)9/h1-4,8,10H,5-6H2,(H,14,15). The van der Waals surface area contributed by atoms with E-state index in [-0.39, 0.29) is 6.04 Å². The van der Waals surface area contributed by atoms with Gasteiger partial charge >= 0.3 is 0 Å². The summed E-state index contributed by atoms with van der Waals surface area (Å²) in [5.41, 5.74) is -1.14. The number of hydrogen-bond donors (Lipinski definition) is 1. The minimum Gasteiger partial charge on any atom is -0.493 e. The maximum atomic E-state index is 12.5. The molecular formula is C11H11ClFNO2. The lowest BCUT2D eigenvalue weighted by Crippen LogP contribution is -2.35. The van der Waals surface area contributed by atoms with Gasteiger partial charge in [0.05, 0.1) is 12.6 Å². The Labute approximate surface area is 97.5 Å². The van der Waals surface area contributed by atoms with Crippen LogP contribution in [0.3, 0.4) is 0 Å². The highest BCUT2D eigenvalue weighted by molar-refractivity contribution is 6.29. The molecular weight excluding hydrogens is 233 g/mol. The monoisotopic (exact) mass is 243 g/mol. The maximum Gasteiger partial charge on any atom is 0.270 e. The van der Waals surface area contributed by atoms with E-state index in [9.17, 15) is 9.18 Å². The molecule has 1 aliphatic rings. The number of alkyl halides is 2. The second kappa shape index (κ2) is 4.70. The van der Waals surface area contributed by atoms with Crippen LogP contribution in [-0.4, -0.2) is 18.1 Å². The summed E-state index contributed by atoms with van der Waals surface area (Å²) < 4.78 is 18.0. The molecule has 0 aliphatic carbocycles.